The second-order valence-corrected chi connectivity index (χ2v) is 6.65. The lowest BCUT2D eigenvalue weighted by Crippen LogP contribution is -2.52. The van der Waals surface area contributed by atoms with E-state index in [1.807, 2.05) is 35.2 Å². The Morgan fingerprint density at radius 2 is 1.93 bits per heavy atom. The number of benzene rings is 1. The van der Waals surface area contributed by atoms with Crippen LogP contribution in [0, 0.1) is 5.92 Å². The van der Waals surface area contributed by atoms with Gasteiger partial charge in [-0.2, -0.15) is 0 Å². The summed E-state index contributed by atoms with van der Waals surface area (Å²) in [4.78, 5) is 27.2. The van der Waals surface area contributed by atoms with Gasteiger partial charge in [0, 0.05) is 13.1 Å². The maximum Gasteiger partial charge on any atom is 0.408 e. The van der Waals surface area contributed by atoms with Crippen molar-refractivity contribution in [3.63, 3.8) is 0 Å². The van der Waals surface area contributed by atoms with Crippen molar-refractivity contribution >= 4 is 29.3 Å². The molecule has 1 aliphatic rings. The molecule has 0 spiro atoms. The number of alkyl carbamates (subject to hydrolysis) is 1. The van der Waals surface area contributed by atoms with Crippen LogP contribution >= 0.6 is 12.2 Å². The van der Waals surface area contributed by atoms with Crippen molar-refractivity contribution in [2.45, 2.75) is 32.4 Å². The highest BCUT2D eigenvalue weighted by Gasteiger charge is 2.35. The first kappa shape index (κ1) is 20.9. The molecule has 1 heterocycles. The van der Waals surface area contributed by atoms with Gasteiger partial charge in [0.05, 0.1) is 12.6 Å². The van der Waals surface area contributed by atoms with Crippen LogP contribution in [0.3, 0.4) is 0 Å². The molecular formula is C20H26N2O4S. The molecule has 0 radical (unpaired) electrons. The fraction of sp³-hybridized carbons (Fsp3) is 0.450. The maximum absolute atomic E-state index is 12.3. The Balaban J connectivity index is 2.07. The van der Waals surface area contributed by atoms with Gasteiger partial charge in [-0.3, -0.25) is 4.79 Å². The molecule has 0 bridgehead atoms. The van der Waals surface area contributed by atoms with Crippen LogP contribution in [-0.2, 0) is 20.9 Å². The predicted octanol–water partition coefficient (Wildman–Crippen LogP) is 3.07. The first-order valence-electron chi connectivity index (χ1n) is 9.12. The Hall–Kier alpha value is -2.41. The van der Waals surface area contributed by atoms with Crippen molar-refractivity contribution in [1.29, 1.82) is 0 Å². The van der Waals surface area contributed by atoms with Crippen molar-refractivity contribution in [3.8, 4) is 0 Å². The maximum atomic E-state index is 12.3. The Morgan fingerprint density at radius 3 is 2.52 bits per heavy atom. The largest absolute Gasteiger partial charge is 0.465 e. The second kappa shape index (κ2) is 10.7. The predicted molar refractivity (Wildman–Crippen MR) is 107 cm³/mol. The number of thiocarbonyl (C=S) groups is 1. The third kappa shape index (κ3) is 6.06. The van der Waals surface area contributed by atoms with Crippen LogP contribution in [0.1, 0.15) is 25.3 Å². The summed E-state index contributed by atoms with van der Waals surface area (Å²) in [6, 6.07) is 8.63. The summed E-state index contributed by atoms with van der Waals surface area (Å²) in [6.07, 6.45) is 2.89. The number of esters is 1. The van der Waals surface area contributed by atoms with Crippen LogP contribution < -0.4 is 5.32 Å². The first-order chi connectivity index (χ1) is 13.1. The summed E-state index contributed by atoms with van der Waals surface area (Å²) in [5.74, 6) is -1.25. The minimum atomic E-state index is -0.776. The van der Waals surface area contributed by atoms with Crippen molar-refractivity contribution < 1.29 is 19.1 Å². The number of nitrogens with one attached hydrogen (secondary N) is 1. The van der Waals surface area contributed by atoms with E-state index in [1.165, 1.54) is 6.08 Å². The van der Waals surface area contributed by atoms with E-state index in [1.54, 1.807) is 6.92 Å². The fourth-order valence-corrected chi connectivity index (χ4v) is 3.33. The lowest BCUT2D eigenvalue weighted by Gasteiger charge is -2.30. The Bertz CT molecular complexity index is 659. The SMILES string of the molecule is C=C[C@@H](C(=O)OCC)[C@@H](NC(=O)OCc1ccccc1)C(=S)N1CCCC1. The summed E-state index contributed by atoms with van der Waals surface area (Å²) >= 11 is 5.58. The fourth-order valence-electron chi connectivity index (χ4n) is 2.94. The van der Waals surface area contributed by atoms with Gasteiger partial charge in [0.25, 0.3) is 0 Å². The minimum Gasteiger partial charge on any atom is -0.465 e. The average Bonchev–Trinajstić information content (AvgIpc) is 3.21. The molecule has 2 atom stereocenters. The van der Waals surface area contributed by atoms with E-state index in [2.05, 4.69) is 11.9 Å². The highest BCUT2D eigenvalue weighted by Crippen LogP contribution is 2.17. The monoisotopic (exact) mass is 390 g/mol. The van der Waals surface area contributed by atoms with Crippen LogP contribution in [0.5, 0.6) is 0 Å². The van der Waals surface area contributed by atoms with Crippen molar-refractivity contribution in [3.05, 3.63) is 48.6 Å². The molecule has 1 aromatic rings. The van der Waals surface area contributed by atoms with E-state index >= 15 is 0 Å². The molecule has 1 N–H and O–H groups in total. The molecule has 27 heavy (non-hydrogen) atoms. The third-order valence-electron chi connectivity index (χ3n) is 4.34. The zero-order chi connectivity index (χ0) is 19.6. The number of carbonyl (C=O) groups excluding carboxylic acids is 2. The van der Waals surface area contributed by atoms with Gasteiger partial charge in [-0.1, -0.05) is 48.6 Å². The smallest absolute Gasteiger partial charge is 0.408 e. The van der Waals surface area contributed by atoms with E-state index in [4.69, 9.17) is 21.7 Å². The van der Waals surface area contributed by atoms with Crippen molar-refractivity contribution in [2.75, 3.05) is 19.7 Å². The summed E-state index contributed by atoms with van der Waals surface area (Å²) in [5, 5.41) is 2.74. The molecule has 1 fully saturated rings. The van der Waals surface area contributed by atoms with E-state index in [0.717, 1.165) is 31.5 Å². The van der Waals surface area contributed by atoms with E-state index in [-0.39, 0.29) is 13.2 Å². The zero-order valence-corrected chi connectivity index (χ0v) is 16.4. The Kier molecular flexibility index (Phi) is 8.26. The molecule has 1 aromatic carbocycles. The average molecular weight is 391 g/mol. The topological polar surface area (TPSA) is 67.9 Å². The number of carbonyl (C=O) groups is 2. The van der Waals surface area contributed by atoms with Crippen LogP contribution in [0.4, 0.5) is 4.79 Å². The van der Waals surface area contributed by atoms with Gasteiger partial charge >= 0.3 is 12.1 Å². The summed E-state index contributed by atoms with van der Waals surface area (Å²) < 4.78 is 10.4. The number of ether oxygens (including phenoxy) is 2. The number of amides is 1. The van der Waals surface area contributed by atoms with Gasteiger partial charge in [0.2, 0.25) is 0 Å². The van der Waals surface area contributed by atoms with E-state index in [0.29, 0.717) is 4.99 Å². The Morgan fingerprint density at radius 1 is 1.26 bits per heavy atom. The van der Waals surface area contributed by atoms with Gasteiger partial charge in [0.1, 0.15) is 17.5 Å². The normalized spacial score (nSPS) is 15.5. The molecule has 1 aliphatic heterocycles. The van der Waals surface area contributed by atoms with Gasteiger partial charge in [-0.25, -0.2) is 4.79 Å². The van der Waals surface area contributed by atoms with Crippen LogP contribution in [0.2, 0.25) is 0 Å². The first-order valence-corrected chi connectivity index (χ1v) is 9.52. The zero-order valence-electron chi connectivity index (χ0n) is 15.6. The molecule has 1 amide bonds. The quantitative estimate of drug-likeness (QED) is 0.418. The lowest BCUT2D eigenvalue weighted by molar-refractivity contribution is -0.146. The van der Waals surface area contributed by atoms with E-state index in [9.17, 15) is 9.59 Å². The molecule has 1 saturated heterocycles. The Labute approximate surface area is 165 Å². The molecule has 0 aromatic heterocycles. The third-order valence-corrected chi connectivity index (χ3v) is 4.85. The van der Waals surface area contributed by atoms with Crippen LogP contribution in [0.25, 0.3) is 0 Å². The van der Waals surface area contributed by atoms with Crippen molar-refractivity contribution in [1.82, 2.24) is 10.2 Å². The highest BCUT2D eigenvalue weighted by atomic mass is 32.1. The molecule has 0 saturated carbocycles. The van der Waals surface area contributed by atoms with Crippen LogP contribution in [0.15, 0.2) is 43.0 Å². The standard InChI is InChI=1S/C20H26N2O4S/c1-3-16(19(23)25-4-2)17(18(27)22-12-8-9-13-22)21-20(24)26-14-15-10-6-5-7-11-15/h3,5-7,10-11,16-17H,1,4,8-9,12-14H2,2H3,(H,21,24)/t16-,17-/m1/s1. The minimum absolute atomic E-state index is 0.133. The van der Waals surface area contributed by atoms with Crippen LogP contribution in [-0.4, -0.2) is 47.7 Å². The summed E-state index contributed by atoms with van der Waals surface area (Å²) in [6.45, 7) is 7.44. The van der Waals surface area contributed by atoms with Gasteiger partial charge in [-0.05, 0) is 25.3 Å². The summed E-state index contributed by atoms with van der Waals surface area (Å²) in [5.41, 5.74) is 0.872. The molecule has 0 aliphatic carbocycles. The van der Waals surface area contributed by atoms with Gasteiger partial charge < -0.3 is 19.7 Å². The second-order valence-electron chi connectivity index (χ2n) is 6.23. The number of hydrogen-bond acceptors (Lipinski definition) is 5. The molecule has 0 unspecified atom stereocenters. The number of nitrogens with zero attached hydrogens (tertiary/aromatic N) is 1. The molecule has 6 nitrogen and oxygen atoms in total. The number of likely N-dealkylation sites (tertiary alicyclic amines) is 1. The van der Waals surface area contributed by atoms with E-state index < -0.39 is 24.0 Å². The lowest BCUT2D eigenvalue weighted by atomic mass is 9.99. The summed E-state index contributed by atoms with van der Waals surface area (Å²) in [7, 11) is 0. The van der Waals surface area contributed by atoms with Gasteiger partial charge in [-0.15, -0.1) is 6.58 Å². The van der Waals surface area contributed by atoms with Crippen molar-refractivity contribution in [2.24, 2.45) is 5.92 Å². The molecular weight excluding hydrogens is 364 g/mol. The highest BCUT2D eigenvalue weighted by molar-refractivity contribution is 7.80. The molecule has 2 rings (SSSR count). The number of rotatable bonds is 8. The molecule has 146 valence electrons. The van der Waals surface area contributed by atoms with Gasteiger partial charge in [0.15, 0.2) is 0 Å². The number of hydrogen-bond donors (Lipinski definition) is 1. The molecule has 7 heteroatoms.